The lowest BCUT2D eigenvalue weighted by atomic mass is 9.90. The molecule has 0 aromatic heterocycles. The fourth-order valence-electron chi connectivity index (χ4n) is 2.85. The topological polar surface area (TPSA) is 20.2 Å². The molecule has 68 valence electrons. The molecular formula is C11H18O. The van der Waals surface area contributed by atoms with Gasteiger partial charge in [-0.1, -0.05) is 25.0 Å². The van der Waals surface area contributed by atoms with Gasteiger partial charge in [0.2, 0.25) is 0 Å². The Labute approximate surface area is 74.5 Å². The minimum atomic E-state index is -0.0308. The van der Waals surface area contributed by atoms with Gasteiger partial charge in [0.25, 0.3) is 0 Å². The number of rotatable bonds is 0. The van der Waals surface area contributed by atoms with Crippen LogP contribution in [0, 0.1) is 11.8 Å². The van der Waals surface area contributed by atoms with Crippen molar-refractivity contribution in [3.63, 3.8) is 0 Å². The van der Waals surface area contributed by atoms with Crippen molar-refractivity contribution in [1.29, 1.82) is 0 Å². The molecule has 0 aromatic rings. The van der Waals surface area contributed by atoms with Gasteiger partial charge in [-0.05, 0) is 37.5 Å². The predicted molar refractivity (Wildman–Crippen MR) is 49.8 cm³/mol. The average Bonchev–Trinajstić information content (AvgIpc) is 2.33. The smallest absolute Gasteiger partial charge is 0.0574 e. The van der Waals surface area contributed by atoms with Crippen LogP contribution in [0.2, 0.25) is 0 Å². The lowest BCUT2D eigenvalue weighted by molar-refractivity contribution is 0.0872. The maximum Gasteiger partial charge on any atom is 0.0574 e. The zero-order chi connectivity index (χ0) is 8.55. The third kappa shape index (κ3) is 1.42. The van der Waals surface area contributed by atoms with E-state index in [9.17, 15) is 5.11 Å². The van der Waals surface area contributed by atoms with Gasteiger partial charge >= 0.3 is 0 Å². The summed E-state index contributed by atoms with van der Waals surface area (Å²) in [4.78, 5) is 0. The third-order valence-corrected chi connectivity index (χ3v) is 3.50. The van der Waals surface area contributed by atoms with E-state index in [0.717, 1.165) is 18.8 Å². The maximum atomic E-state index is 9.84. The van der Waals surface area contributed by atoms with Crippen LogP contribution in [0.25, 0.3) is 0 Å². The summed E-state index contributed by atoms with van der Waals surface area (Å²) < 4.78 is 0. The Morgan fingerprint density at radius 3 is 2.75 bits per heavy atom. The quantitative estimate of drug-likeness (QED) is 0.548. The van der Waals surface area contributed by atoms with Crippen molar-refractivity contribution in [3.8, 4) is 0 Å². The van der Waals surface area contributed by atoms with Crippen LogP contribution in [0.4, 0.5) is 0 Å². The Bertz CT molecular complexity index is 185. The molecule has 1 heteroatoms. The highest BCUT2D eigenvalue weighted by atomic mass is 16.3. The molecule has 12 heavy (non-hydrogen) atoms. The van der Waals surface area contributed by atoms with Crippen molar-refractivity contribution in [2.24, 2.45) is 11.8 Å². The van der Waals surface area contributed by atoms with E-state index in [4.69, 9.17) is 0 Å². The van der Waals surface area contributed by atoms with Gasteiger partial charge in [-0.3, -0.25) is 0 Å². The van der Waals surface area contributed by atoms with Crippen molar-refractivity contribution < 1.29 is 5.11 Å². The molecule has 1 nitrogen and oxygen atoms in total. The summed E-state index contributed by atoms with van der Waals surface area (Å²) in [6.45, 7) is 4.03. The highest BCUT2D eigenvalue weighted by Gasteiger charge is 2.35. The minimum Gasteiger partial charge on any atom is -0.393 e. The van der Waals surface area contributed by atoms with Crippen molar-refractivity contribution in [2.75, 3.05) is 0 Å². The first-order valence-electron chi connectivity index (χ1n) is 5.12. The Balaban J connectivity index is 2.09. The van der Waals surface area contributed by atoms with Crippen molar-refractivity contribution in [3.05, 3.63) is 12.2 Å². The molecule has 2 saturated carbocycles. The van der Waals surface area contributed by atoms with Crippen LogP contribution >= 0.6 is 0 Å². The van der Waals surface area contributed by atoms with Gasteiger partial charge in [-0.2, -0.15) is 0 Å². The van der Waals surface area contributed by atoms with E-state index in [2.05, 4.69) is 6.58 Å². The number of aliphatic hydroxyl groups excluding tert-OH is 1. The summed E-state index contributed by atoms with van der Waals surface area (Å²) in [7, 11) is 0. The van der Waals surface area contributed by atoms with Crippen LogP contribution < -0.4 is 0 Å². The number of hydrogen-bond donors (Lipinski definition) is 1. The molecule has 0 heterocycles. The molecule has 0 aliphatic heterocycles. The summed E-state index contributed by atoms with van der Waals surface area (Å²) in [6.07, 6.45) is 7.12. The minimum absolute atomic E-state index is 0.0308. The van der Waals surface area contributed by atoms with Crippen LogP contribution in [0.3, 0.4) is 0 Å². The first-order chi connectivity index (χ1) is 5.77. The summed E-state index contributed by atoms with van der Waals surface area (Å²) in [5.41, 5.74) is 1.37. The molecule has 0 amide bonds. The van der Waals surface area contributed by atoms with Crippen molar-refractivity contribution in [2.45, 2.75) is 44.6 Å². The summed E-state index contributed by atoms with van der Waals surface area (Å²) in [5, 5.41) is 9.84. The fraction of sp³-hybridized carbons (Fsp3) is 0.818. The summed E-state index contributed by atoms with van der Waals surface area (Å²) in [6, 6.07) is 0. The van der Waals surface area contributed by atoms with Crippen molar-refractivity contribution in [1.82, 2.24) is 0 Å². The highest BCUT2D eigenvalue weighted by molar-refractivity contribution is 5.07. The van der Waals surface area contributed by atoms with Gasteiger partial charge in [-0.15, -0.1) is 0 Å². The first-order valence-corrected chi connectivity index (χ1v) is 5.12. The lowest BCUT2D eigenvalue weighted by Crippen LogP contribution is -2.21. The second-order valence-electron chi connectivity index (χ2n) is 4.43. The molecule has 2 rings (SSSR count). The van der Waals surface area contributed by atoms with Gasteiger partial charge in [0.1, 0.15) is 0 Å². The molecule has 0 unspecified atom stereocenters. The molecule has 2 aliphatic carbocycles. The average molecular weight is 166 g/mol. The van der Waals surface area contributed by atoms with E-state index < -0.39 is 0 Å². The first kappa shape index (κ1) is 8.31. The standard InChI is InChI=1S/C11H18O/c1-8-6-9-4-2-3-5-11(12)10(9)7-8/h9-12H,1-7H2/t9-,10-,11-/m0/s1. The Morgan fingerprint density at radius 2 is 1.92 bits per heavy atom. The SMILES string of the molecule is C=C1C[C@@H]2CCCC[C@H](O)[C@H]2C1. The van der Waals surface area contributed by atoms with Crippen LogP contribution in [0.5, 0.6) is 0 Å². The van der Waals surface area contributed by atoms with Gasteiger partial charge in [-0.25, -0.2) is 0 Å². The van der Waals surface area contributed by atoms with Gasteiger partial charge in [0.05, 0.1) is 6.10 Å². The number of aliphatic hydroxyl groups is 1. The monoisotopic (exact) mass is 166 g/mol. The molecule has 2 fully saturated rings. The fourth-order valence-corrected chi connectivity index (χ4v) is 2.85. The molecule has 0 spiro atoms. The second kappa shape index (κ2) is 3.21. The number of fused-ring (bicyclic) bond motifs is 1. The van der Waals surface area contributed by atoms with Crippen LogP contribution in [0.1, 0.15) is 38.5 Å². The van der Waals surface area contributed by atoms with Crippen LogP contribution in [-0.4, -0.2) is 11.2 Å². The molecule has 0 bridgehead atoms. The number of hydrogen-bond acceptors (Lipinski definition) is 1. The summed E-state index contributed by atoms with van der Waals surface area (Å²) >= 11 is 0. The molecular weight excluding hydrogens is 148 g/mol. The van der Waals surface area contributed by atoms with Gasteiger partial charge in [0, 0.05) is 0 Å². The molecule has 0 saturated heterocycles. The molecule has 0 aromatic carbocycles. The highest BCUT2D eigenvalue weighted by Crippen LogP contribution is 2.43. The maximum absolute atomic E-state index is 9.84. The largest absolute Gasteiger partial charge is 0.393 e. The van der Waals surface area contributed by atoms with Crippen molar-refractivity contribution >= 4 is 0 Å². The second-order valence-corrected chi connectivity index (χ2v) is 4.43. The van der Waals surface area contributed by atoms with E-state index >= 15 is 0 Å². The van der Waals surface area contributed by atoms with Gasteiger partial charge in [0.15, 0.2) is 0 Å². The Kier molecular flexibility index (Phi) is 2.22. The van der Waals surface area contributed by atoms with Crippen LogP contribution in [0.15, 0.2) is 12.2 Å². The predicted octanol–water partition coefficient (Wildman–Crippen LogP) is 2.50. The van der Waals surface area contributed by atoms with E-state index in [1.165, 1.54) is 31.3 Å². The van der Waals surface area contributed by atoms with Gasteiger partial charge < -0.3 is 5.11 Å². The Hall–Kier alpha value is -0.300. The number of allylic oxidation sites excluding steroid dienone is 1. The van der Waals surface area contributed by atoms with Crippen LogP contribution in [-0.2, 0) is 0 Å². The van der Waals surface area contributed by atoms with E-state index in [1.807, 2.05) is 0 Å². The normalized spacial score (nSPS) is 42.4. The zero-order valence-electron chi connectivity index (χ0n) is 7.63. The molecule has 2 aliphatic rings. The molecule has 1 N–H and O–H groups in total. The zero-order valence-corrected chi connectivity index (χ0v) is 7.63. The van der Waals surface area contributed by atoms with E-state index in [0.29, 0.717) is 5.92 Å². The molecule has 0 radical (unpaired) electrons. The Morgan fingerprint density at radius 1 is 1.17 bits per heavy atom. The molecule has 3 atom stereocenters. The summed E-state index contributed by atoms with van der Waals surface area (Å²) in [5.74, 6) is 1.31. The van der Waals surface area contributed by atoms with E-state index in [-0.39, 0.29) is 6.10 Å². The van der Waals surface area contributed by atoms with E-state index in [1.54, 1.807) is 0 Å². The third-order valence-electron chi connectivity index (χ3n) is 3.50. The lowest BCUT2D eigenvalue weighted by Gasteiger charge is -2.20.